The Labute approximate surface area is 244 Å². The van der Waals surface area contributed by atoms with Gasteiger partial charge in [-0.2, -0.15) is 0 Å². The number of halogens is 2. The number of benzene rings is 2. The highest BCUT2D eigenvalue weighted by Gasteiger charge is 2.36. The van der Waals surface area contributed by atoms with E-state index in [9.17, 15) is 9.18 Å². The summed E-state index contributed by atoms with van der Waals surface area (Å²) in [4.78, 5) is 18.4. The molecule has 2 aromatic rings. The van der Waals surface area contributed by atoms with E-state index in [2.05, 4.69) is 41.0 Å². The van der Waals surface area contributed by atoms with Crippen molar-refractivity contribution in [3.63, 3.8) is 0 Å². The van der Waals surface area contributed by atoms with Crippen LogP contribution in [-0.2, 0) is 16.6 Å². The molecule has 0 bridgehead atoms. The second-order valence-electron chi connectivity index (χ2n) is 11.8. The van der Waals surface area contributed by atoms with Gasteiger partial charge in [0.05, 0.1) is 5.71 Å². The summed E-state index contributed by atoms with van der Waals surface area (Å²) in [5.41, 5.74) is 1.94. The zero-order chi connectivity index (χ0) is 28.5. The van der Waals surface area contributed by atoms with Crippen LogP contribution in [0.3, 0.4) is 0 Å². The van der Waals surface area contributed by atoms with E-state index in [0.717, 1.165) is 56.3 Å². The van der Waals surface area contributed by atoms with Gasteiger partial charge in [-0.25, -0.2) is 4.39 Å². The third kappa shape index (κ3) is 7.86. The molecule has 0 aromatic heterocycles. The largest absolute Gasteiger partial charge is 0.313 e. The molecule has 2 N–H and O–H groups in total. The lowest BCUT2D eigenvalue weighted by atomic mass is 9.69. The van der Waals surface area contributed by atoms with E-state index in [4.69, 9.17) is 22.4 Å². The molecule has 2 aromatic carbocycles. The standard InChI is InChI=1S/C33H44ClFN4O/c1-25-11-13-26(14-12-25)33(15-6-17-36,24-31(37)32(40)23-28-29(34)9-5-10-30(28)35)16-18-38-19-21-39(22-20-38)27-7-3-2-4-8-27/h5,9-14,17,27,36-37H,2-4,6-8,15-16,18-24H2,1H3/t33-/m0/s1. The minimum absolute atomic E-state index is 0.00741. The van der Waals surface area contributed by atoms with Gasteiger partial charge in [-0.05, 0) is 69.5 Å². The van der Waals surface area contributed by atoms with Crippen LogP contribution in [0.15, 0.2) is 42.5 Å². The summed E-state index contributed by atoms with van der Waals surface area (Å²) in [6.45, 7) is 7.20. The molecule has 5 nitrogen and oxygen atoms in total. The van der Waals surface area contributed by atoms with Gasteiger partial charge in [0, 0.05) is 61.1 Å². The third-order valence-electron chi connectivity index (χ3n) is 9.09. The van der Waals surface area contributed by atoms with Crippen LogP contribution < -0.4 is 0 Å². The Bertz CT molecular complexity index is 1140. The summed E-state index contributed by atoms with van der Waals surface area (Å²) in [7, 11) is 0. The van der Waals surface area contributed by atoms with Crippen LogP contribution in [0.5, 0.6) is 0 Å². The lowest BCUT2D eigenvalue weighted by molar-refractivity contribution is -0.112. The first-order chi connectivity index (χ1) is 19.3. The molecule has 1 atom stereocenters. The van der Waals surface area contributed by atoms with Crippen molar-refractivity contribution in [2.75, 3.05) is 32.7 Å². The maximum atomic E-state index is 14.4. The van der Waals surface area contributed by atoms with E-state index in [1.807, 2.05) is 0 Å². The quantitative estimate of drug-likeness (QED) is 0.256. The Balaban J connectivity index is 1.49. The van der Waals surface area contributed by atoms with Gasteiger partial charge < -0.3 is 15.7 Å². The smallest absolute Gasteiger partial charge is 0.180 e. The van der Waals surface area contributed by atoms with Crippen molar-refractivity contribution in [2.45, 2.75) is 82.6 Å². The van der Waals surface area contributed by atoms with Crippen molar-refractivity contribution in [3.8, 4) is 0 Å². The van der Waals surface area contributed by atoms with Crippen LogP contribution in [0.4, 0.5) is 4.39 Å². The molecular weight excluding hydrogens is 523 g/mol. The fourth-order valence-corrected chi connectivity index (χ4v) is 6.75. The van der Waals surface area contributed by atoms with Gasteiger partial charge in [-0.3, -0.25) is 9.69 Å². The molecule has 1 heterocycles. The van der Waals surface area contributed by atoms with E-state index in [1.165, 1.54) is 50.5 Å². The average molecular weight is 567 g/mol. The number of rotatable bonds is 13. The van der Waals surface area contributed by atoms with Crippen LogP contribution in [-0.4, -0.2) is 66.3 Å². The highest BCUT2D eigenvalue weighted by molar-refractivity contribution is 6.40. The topological polar surface area (TPSA) is 71.2 Å². The highest BCUT2D eigenvalue weighted by Crippen LogP contribution is 2.38. The van der Waals surface area contributed by atoms with Crippen molar-refractivity contribution in [2.24, 2.45) is 0 Å². The number of nitrogens with one attached hydrogen (secondary N) is 2. The van der Waals surface area contributed by atoms with Crippen LogP contribution in [0.2, 0.25) is 5.02 Å². The maximum absolute atomic E-state index is 14.4. The first-order valence-corrected chi connectivity index (χ1v) is 15.2. The van der Waals surface area contributed by atoms with Crippen molar-refractivity contribution in [3.05, 3.63) is 70.0 Å². The van der Waals surface area contributed by atoms with Gasteiger partial charge in [0.1, 0.15) is 5.82 Å². The summed E-state index contributed by atoms with van der Waals surface area (Å²) in [6.07, 6.45) is 10.2. The van der Waals surface area contributed by atoms with Gasteiger partial charge in [-0.15, -0.1) is 0 Å². The number of aryl methyl sites for hydroxylation is 1. The average Bonchev–Trinajstić information content (AvgIpc) is 2.97. The second-order valence-corrected chi connectivity index (χ2v) is 12.2. The zero-order valence-corrected chi connectivity index (χ0v) is 24.6. The van der Waals surface area contributed by atoms with Crippen LogP contribution in [0.25, 0.3) is 0 Å². The van der Waals surface area contributed by atoms with Crippen LogP contribution in [0.1, 0.15) is 74.5 Å². The lowest BCUT2D eigenvalue weighted by Gasteiger charge is -2.42. The number of piperazine rings is 1. The molecule has 0 amide bonds. The molecule has 0 unspecified atom stereocenters. The second kappa shape index (κ2) is 14.5. The third-order valence-corrected chi connectivity index (χ3v) is 9.44. The number of carbonyl (C=O) groups is 1. The van der Waals surface area contributed by atoms with Crippen LogP contribution >= 0.6 is 11.6 Å². The minimum Gasteiger partial charge on any atom is -0.313 e. The summed E-state index contributed by atoms with van der Waals surface area (Å²) >= 11 is 6.19. The summed E-state index contributed by atoms with van der Waals surface area (Å²) in [6, 6.07) is 13.5. The van der Waals surface area contributed by atoms with E-state index in [-0.39, 0.29) is 29.1 Å². The van der Waals surface area contributed by atoms with E-state index >= 15 is 0 Å². The normalized spacial score (nSPS) is 18.8. The number of hydrogen-bond acceptors (Lipinski definition) is 5. The molecule has 1 aliphatic carbocycles. The molecule has 2 aliphatic rings. The lowest BCUT2D eigenvalue weighted by Crippen LogP contribution is -2.51. The van der Waals surface area contributed by atoms with Gasteiger partial charge in [0.2, 0.25) is 0 Å². The number of hydrogen-bond donors (Lipinski definition) is 2. The minimum atomic E-state index is -0.519. The monoisotopic (exact) mass is 566 g/mol. The first-order valence-electron chi connectivity index (χ1n) is 14.9. The summed E-state index contributed by atoms with van der Waals surface area (Å²) in [5.74, 6) is -0.922. The summed E-state index contributed by atoms with van der Waals surface area (Å²) in [5, 5.41) is 16.8. The van der Waals surface area contributed by atoms with E-state index in [1.54, 1.807) is 6.07 Å². The molecule has 2 fully saturated rings. The number of nitrogens with zero attached hydrogens (tertiary/aromatic N) is 2. The Hall–Kier alpha value is -2.41. The van der Waals surface area contributed by atoms with Gasteiger partial charge in [-0.1, -0.05) is 66.8 Å². The molecule has 1 saturated carbocycles. The fourth-order valence-electron chi connectivity index (χ4n) is 6.52. The van der Waals surface area contributed by atoms with E-state index in [0.29, 0.717) is 12.8 Å². The Kier molecular flexibility index (Phi) is 11.1. The predicted molar refractivity (Wildman–Crippen MR) is 163 cm³/mol. The molecule has 1 saturated heterocycles. The SMILES string of the molecule is Cc1ccc([C@@](CCC=N)(CCN2CCN(C3CCCCC3)CC2)CC(=N)C(=O)Cc2c(F)cccc2Cl)cc1. The number of ketones is 1. The molecular formula is C33H44ClFN4O. The number of carbonyl (C=O) groups excluding carboxylic acids is 1. The fraction of sp³-hybridized carbons (Fsp3) is 0.545. The van der Waals surface area contributed by atoms with Crippen LogP contribution in [0, 0.1) is 23.6 Å². The molecule has 7 heteroatoms. The van der Waals surface area contributed by atoms with Gasteiger partial charge in [0.15, 0.2) is 5.78 Å². The van der Waals surface area contributed by atoms with Crippen molar-refractivity contribution in [1.82, 2.24) is 9.80 Å². The van der Waals surface area contributed by atoms with Gasteiger partial charge >= 0.3 is 0 Å². The molecule has 4 rings (SSSR count). The Morgan fingerprint density at radius 2 is 1.75 bits per heavy atom. The number of Topliss-reactive ketones (excluding diaryl/α,β-unsaturated/α-hetero) is 1. The Morgan fingerprint density at radius 3 is 2.40 bits per heavy atom. The Morgan fingerprint density at radius 1 is 1.05 bits per heavy atom. The highest BCUT2D eigenvalue weighted by atomic mass is 35.5. The molecule has 40 heavy (non-hydrogen) atoms. The van der Waals surface area contributed by atoms with Crippen molar-refractivity contribution < 1.29 is 9.18 Å². The zero-order valence-electron chi connectivity index (χ0n) is 23.9. The summed E-state index contributed by atoms with van der Waals surface area (Å²) < 4.78 is 14.4. The maximum Gasteiger partial charge on any atom is 0.180 e. The molecule has 216 valence electrons. The first kappa shape index (κ1) is 30.5. The molecule has 0 radical (unpaired) electrons. The molecule has 0 spiro atoms. The van der Waals surface area contributed by atoms with Crippen molar-refractivity contribution >= 4 is 29.3 Å². The van der Waals surface area contributed by atoms with Gasteiger partial charge in [0.25, 0.3) is 0 Å². The predicted octanol–water partition coefficient (Wildman–Crippen LogP) is 7.02. The van der Waals surface area contributed by atoms with E-state index < -0.39 is 17.0 Å². The van der Waals surface area contributed by atoms with Crippen molar-refractivity contribution in [1.29, 1.82) is 10.8 Å². The molecule has 1 aliphatic heterocycles.